The van der Waals surface area contributed by atoms with Crippen molar-refractivity contribution in [1.82, 2.24) is 8.61 Å². The second-order valence-corrected chi connectivity index (χ2v) is 9.62. The van der Waals surface area contributed by atoms with Gasteiger partial charge in [-0.3, -0.25) is 4.79 Å². The van der Waals surface area contributed by atoms with Crippen molar-refractivity contribution in [2.24, 2.45) is 17.4 Å². The normalized spacial score (nSPS) is 35.0. The summed E-state index contributed by atoms with van der Waals surface area (Å²) >= 11 is 0. The Hall–Kier alpha value is -0.755. The first-order valence-electron chi connectivity index (χ1n) is 9.00. The molecule has 10 nitrogen and oxygen atoms in total. The van der Waals surface area contributed by atoms with E-state index in [1.54, 1.807) is 0 Å². The van der Waals surface area contributed by atoms with Gasteiger partial charge in [-0.15, -0.1) is 0 Å². The number of aliphatic carboxylic acids is 1. The topological polar surface area (TPSA) is 170 Å². The maximum atomic E-state index is 13.1. The van der Waals surface area contributed by atoms with Gasteiger partial charge in [0, 0.05) is 37.1 Å². The van der Waals surface area contributed by atoms with Crippen LogP contribution in [0.4, 0.5) is 0 Å². The highest BCUT2D eigenvalue weighted by Gasteiger charge is 2.57. The Morgan fingerprint density at radius 3 is 2.42 bits per heavy atom. The van der Waals surface area contributed by atoms with Gasteiger partial charge in [-0.1, -0.05) is 6.42 Å². The summed E-state index contributed by atoms with van der Waals surface area (Å²) in [5, 5.41) is 27.5. The number of nitrogens with two attached hydrogens (primary N) is 2. The molecule has 1 heterocycles. The highest BCUT2D eigenvalue weighted by atomic mass is 32.2. The monoisotopic (exact) mass is 390 g/mol. The average molecular weight is 390 g/mol. The van der Waals surface area contributed by atoms with Crippen molar-refractivity contribution in [2.75, 3.05) is 13.1 Å². The van der Waals surface area contributed by atoms with Crippen LogP contribution >= 0.6 is 0 Å². The van der Waals surface area contributed by atoms with Gasteiger partial charge in [0.2, 0.25) is 0 Å². The number of carboxylic acid groups (broad SMARTS) is 1. The maximum Gasteiger partial charge on any atom is 0.451 e. The van der Waals surface area contributed by atoms with Gasteiger partial charge >= 0.3 is 13.1 Å². The maximum absolute atomic E-state index is 13.1. The molecule has 1 saturated heterocycles. The zero-order valence-corrected chi connectivity index (χ0v) is 15.4. The summed E-state index contributed by atoms with van der Waals surface area (Å²) in [7, 11) is -5.32. The zero-order valence-electron chi connectivity index (χ0n) is 14.6. The number of hydrogen-bond donors (Lipinski definition) is 5. The molecule has 12 heteroatoms. The van der Waals surface area contributed by atoms with Gasteiger partial charge in [0.1, 0.15) is 5.54 Å². The first-order chi connectivity index (χ1) is 12.1. The minimum Gasteiger partial charge on any atom is -0.480 e. The number of carboxylic acids is 1. The van der Waals surface area contributed by atoms with Crippen LogP contribution in [0.5, 0.6) is 0 Å². The molecule has 3 fully saturated rings. The van der Waals surface area contributed by atoms with Crippen molar-refractivity contribution in [1.29, 1.82) is 0 Å². The number of hydrogen-bond acceptors (Lipinski definition) is 7. The van der Waals surface area contributed by atoms with Crippen LogP contribution in [0.1, 0.15) is 32.1 Å². The van der Waals surface area contributed by atoms with Crippen LogP contribution in [0.2, 0.25) is 6.32 Å². The van der Waals surface area contributed by atoms with Gasteiger partial charge in [-0.25, -0.2) is 0 Å². The molecule has 148 valence electrons. The summed E-state index contributed by atoms with van der Waals surface area (Å²) in [6, 6.07) is -0.441. The van der Waals surface area contributed by atoms with Gasteiger partial charge in [0.05, 0.1) is 0 Å². The lowest BCUT2D eigenvalue weighted by Gasteiger charge is -2.28. The van der Waals surface area contributed by atoms with Gasteiger partial charge < -0.3 is 26.6 Å². The quantitative estimate of drug-likeness (QED) is 0.275. The molecule has 26 heavy (non-hydrogen) atoms. The molecule has 2 unspecified atom stereocenters. The van der Waals surface area contributed by atoms with Crippen LogP contribution in [0, 0.1) is 5.92 Å². The fraction of sp³-hybridized carbons (Fsp3) is 0.929. The summed E-state index contributed by atoms with van der Waals surface area (Å²) in [5.74, 6) is -1.84. The summed E-state index contributed by atoms with van der Waals surface area (Å²) in [4.78, 5) is 11.7. The third-order valence-corrected chi connectivity index (χ3v) is 7.67. The average Bonchev–Trinajstić information content (AvgIpc) is 3.44. The van der Waals surface area contributed by atoms with Crippen molar-refractivity contribution in [3.8, 4) is 0 Å². The Morgan fingerprint density at radius 2 is 1.96 bits per heavy atom. The van der Waals surface area contributed by atoms with Crippen LogP contribution in [0.25, 0.3) is 0 Å². The SMILES string of the molecule is NC1CC1N(C1CC1)S(=O)(=O)N1C[C@H](CCCB(O)O)[C@](N)(C(=O)O)C1. The smallest absolute Gasteiger partial charge is 0.451 e. The van der Waals surface area contributed by atoms with E-state index < -0.39 is 34.8 Å². The van der Waals surface area contributed by atoms with E-state index in [-0.39, 0.29) is 37.5 Å². The Labute approximate surface area is 153 Å². The minimum atomic E-state index is -3.84. The Morgan fingerprint density at radius 1 is 1.35 bits per heavy atom. The first-order valence-corrected chi connectivity index (χ1v) is 10.4. The van der Waals surface area contributed by atoms with Gasteiger partial charge in [0.15, 0.2) is 0 Å². The van der Waals surface area contributed by atoms with E-state index in [4.69, 9.17) is 21.5 Å². The van der Waals surface area contributed by atoms with Crippen LogP contribution in [-0.2, 0) is 15.0 Å². The number of nitrogens with zero attached hydrogens (tertiary/aromatic N) is 2. The Balaban J connectivity index is 1.76. The molecule has 0 aromatic heterocycles. The van der Waals surface area contributed by atoms with E-state index in [2.05, 4.69) is 0 Å². The lowest BCUT2D eigenvalue weighted by Crippen LogP contribution is -2.55. The van der Waals surface area contributed by atoms with Crippen LogP contribution < -0.4 is 11.5 Å². The summed E-state index contributed by atoms with van der Waals surface area (Å²) < 4.78 is 28.9. The largest absolute Gasteiger partial charge is 0.480 e. The molecule has 0 aromatic carbocycles. The van der Waals surface area contributed by atoms with Crippen molar-refractivity contribution >= 4 is 23.3 Å². The molecule has 0 spiro atoms. The molecule has 1 aliphatic heterocycles. The summed E-state index contributed by atoms with van der Waals surface area (Å²) in [6.07, 6.45) is 2.95. The van der Waals surface area contributed by atoms with Gasteiger partial charge in [0.25, 0.3) is 10.2 Å². The van der Waals surface area contributed by atoms with E-state index in [0.717, 1.165) is 12.8 Å². The molecule has 2 saturated carbocycles. The standard InChI is InChI=1S/C14H27BN4O6S/c16-11-6-12(11)19(10-3-4-10)26(24,25)18-7-9(2-1-5-15(22)23)14(17,8-18)13(20)21/h9-12,22-23H,1-8,16-17H2,(H,20,21)/t9-,11?,12?,14-/m0/s1. The van der Waals surface area contributed by atoms with Crippen molar-refractivity contribution in [3.05, 3.63) is 0 Å². The summed E-state index contributed by atoms with van der Waals surface area (Å²) in [5.41, 5.74) is 10.3. The third kappa shape index (κ3) is 3.77. The molecule has 3 aliphatic rings. The number of carbonyl (C=O) groups is 1. The molecule has 2 aliphatic carbocycles. The molecule has 0 bridgehead atoms. The molecule has 3 rings (SSSR count). The van der Waals surface area contributed by atoms with E-state index in [1.807, 2.05) is 0 Å². The molecule has 0 radical (unpaired) electrons. The summed E-state index contributed by atoms with van der Waals surface area (Å²) in [6.45, 7) is -0.278. The molecule has 0 amide bonds. The lowest BCUT2D eigenvalue weighted by molar-refractivity contribution is -0.144. The minimum absolute atomic E-state index is 0.0117. The zero-order chi connectivity index (χ0) is 19.3. The van der Waals surface area contributed by atoms with Crippen LogP contribution in [-0.4, -0.2) is 82.0 Å². The third-order valence-electron chi connectivity index (χ3n) is 5.63. The highest BCUT2D eigenvalue weighted by molar-refractivity contribution is 7.86. The second kappa shape index (κ2) is 7.00. The van der Waals surface area contributed by atoms with Crippen molar-refractivity contribution in [2.45, 2.75) is 62.1 Å². The fourth-order valence-electron chi connectivity index (χ4n) is 3.79. The number of rotatable bonds is 9. The molecular weight excluding hydrogens is 363 g/mol. The van der Waals surface area contributed by atoms with E-state index in [9.17, 15) is 18.3 Å². The Kier molecular flexibility index (Phi) is 5.39. The second-order valence-electron chi connectivity index (χ2n) is 7.78. The van der Waals surface area contributed by atoms with Gasteiger partial charge in [-0.2, -0.15) is 17.0 Å². The Bertz CT molecular complexity index is 660. The van der Waals surface area contributed by atoms with Crippen molar-refractivity contribution in [3.63, 3.8) is 0 Å². The molecule has 4 atom stereocenters. The van der Waals surface area contributed by atoms with E-state index in [0.29, 0.717) is 19.3 Å². The fourth-order valence-corrected chi connectivity index (χ4v) is 5.98. The lowest BCUT2D eigenvalue weighted by atomic mass is 9.78. The van der Waals surface area contributed by atoms with E-state index in [1.165, 1.54) is 8.61 Å². The predicted molar refractivity (Wildman–Crippen MR) is 94.0 cm³/mol. The van der Waals surface area contributed by atoms with Gasteiger partial charge in [-0.05, 0) is 32.0 Å². The van der Waals surface area contributed by atoms with E-state index >= 15 is 0 Å². The van der Waals surface area contributed by atoms with Crippen molar-refractivity contribution < 1.29 is 28.4 Å². The highest BCUT2D eigenvalue weighted by Crippen LogP contribution is 2.42. The first kappa shape index (κ1) is 20.0. The molecule has 0 aromatic rings. The predicted octanol–water partition coefficient (Wildman–Crippen LogP) is -2.24. The molecular formula is C14H27BN4O6S. The van der Waals surface area contributed by atoms with Crippen LogP contribution in [0.15, 0.2) is 0 Å². The molecule has 7 N–H and O–H groups in total. The van der Waals surface area contributed by atoms with Crippen LogP contribution in [0.3, 0.4) is 0 Å².